The zero-order valence-corrected chi connectivity index (χ0v) is 48.4. The predicted molar refractivity (Wildman–Crippen MR) is 317 cm³/mol. The third kappa shape index (κ3) is 13.7. The molecule has 3 N–H and O–H groups in total. The number of aromatic hydroxyl groups is 2. The molecule has 0 radical (unpaired) electrons. The number of methoxy groups -OCH3 is 3. The summed E-state index contributed by atoms with van der Waals surface area (Å²) in [6.45, 7) is 12.0. The number of phenolic OH excluding ortho intramolecular Hbond substituents is 2. The molecule has 14 fully saturated rings. The smallest absolute Gasteiger partial charge is 0.508 e. The standard InChI is InChI=1S/C18H22O7S.C18H22O4.C10H14O.C8H8O3.3C2H6.5CH4.Na/c1-22-18(13-3-2-4-16(10-13)23-26(19,20)21)17(24-25-18)14-6-11-5-12(8-14)9-15(17)7-11;1-20-18(13-3-2-4-16(19)10-13)17(21-22-18)14-6-11-5-12(8-14)9-15(17)7-11;11-10-8-2-6-1-7(4-8)5-9(10)3-6;1-11-8(10)6-3-2-4-7(9)5-6;3*1-2;;;;;;/h2-4,10-12,14-15H,5-9H2,1H3,(H,19,20,21);2-4,10-12,14-15,19H,5-9H2,1H3;6-9H,1-5H2;2-5,9H,1H3;3*1-2H3;5*1H4;/q;;;;;;;;;;;;+1/i2*1D3;;1D3;;;;;;;;;. The Balaban J connectivity index is 0.000000414. The maximum atomic E-state index is 11.6. The normalized spacial score (nSPS) is 37.5. The Morgan fingerprint density at radius 3 is 1.23 bits per heavy atom. The van der Waals surface area contributed by atoms with Gasteiger partial charge in [0.2, 0.25) is 0 Å². The minimum Gasteiger partial charge on any atom is -0.508 e. The van der Waals surface area contributed by atoms with E-state index >= 15 is 0 Å². The molecule has 0 aromatic heterocycles. The summed E-state index contributed by atoms with van der Waals surface area (Å²) >= 11 is 0. The molecule has 12 saturated carbocycles. The van der Waals surface area contributed by atoms with Crippen LogP contribution in [0.4, 0.5) is 0 Å². The Morgan fingerprint density at radius 1 is 0.524 bits per heavy atom. The minimum atomic E-state index is -4.74. The van der Waals surface area contributed by atoms with Gasteiger partial charge in [0, 0.05) is 37.0 Å². The molecule has 14 aliphatic rings. The van der Waals surface area contributed by atoms with Crippen molar-refractivity contribution in [1.29, 1.82) is 0 Å². The van der Waals surface area contributed by atoms with Gasteiger partial charge in [-0.1, -0.05) is 109 Å². The van der Waals surface area contributed by atoms with Crippen LogP contribution in [0.3, 0.4) is 0 Å². The average Bonchev–Trinajstić information content (AvgIpc) is 0.678. The second kappa shape index (κ2) is 31.0. The first-order valence-corrected chi connectivity index (χ1v) is 29.2. The number of Topliss-reactive ketones (excluding diaryl/α,β-unsaturated/α-hetero) is 1. The third-order valence-electron chi connectivity index (χ3n) is 18.4. The van der Waals surface area contributed by atoms with Gasteiger partial charge in [-0.15, -0.1) is 0 Å². The number of carbonyl (C=O) groups is 2. The molecule has 2 heterocycles. The van der Waals surface area contributed by atoms with Crippen LogP contribution in [0.15, 0.2) is 72.8 Å². The number of ketones is 1. The number of ether oxygens (including phenoxy) is 3. The van der Waals surface area contributed by atoms with E-state index in [1.807, 2.05) is 41.5 Å². The number of hydrogen-bond acceptors (Lipinski definition) is 14. The van der Waals surface area contributed by atoms with Gasteiger partial charge in [0.15, 0.2) is 11.2 Å². The molecule has 2 atom stereocenters. The molecule has 2 aliphatic heterocycles. The van der Waals surface area contributed by atoms with Crippen molar-refractivity contribution in [3.05, 3.63) is 89.5 Å². The number of hydrogen-bond donors (Lipinski definition) is 3. The molecule has 82 heavy (non-hydrogen) atoms. The average molecular weight is 1190 g/mol. The van der Waals surface area contributed by atoms with Crippen LogP contribution in [0.5, 0.6) is 17.2 Å². The van der Waals surface area contributed by atoms with Gasteiger partial charge in [-0.25, -0.2) is 14.6 Å². The Morgan fingerprint density at radius 2 is 0.890 bits per heavy atom. The van der Waals surface area contributed by atoms with Crippen LogP contribution < -0.4 is 33.7 Å². The van der Waals surface area contributed by atoms with Crippen LogP contribution in [-0.4, -0.2) is 67.3 Å². The molecule has 2 unspecified atom stereocenters. The molecule has 17 rings (SSSR count). The molecule has 2 saturated heterocycles. The molecule has 3 aromatic carbocycles. The van der Waals surface area contributed by atoms with Gasteiger partial charge in [-0.05, 0) is 198 Å². The molecule has 460 valence electrons. The predicted octanol–water partition coefficient (Wildman–Crippen LogP) is 12.6. The van der Waals surface area contributed by atoms with Gasteiger partial charge >= 0.3 is 45.9 Å². The number of benzene rings is 3. The van der Waals surface area contributed by atoms with Gasteiger partial charge in [0.05, 0.1) is 24.9 Å². The summed E-state index contributed by atoms with van der Waals surface area (Å²) in [5.41, 5.74) is -0.925. The van der Waals surface area contributed by atoms with Crippen molar-refractivity contribution in [2.45, 2.75) is 198 Å². The summed E-state index contributed by atoms with van der Waals surface area (Å²) in [7, 11) is -12.9. The second-order valence-electron chi connectivity index (χ2n) is 22.2. The zero-order valence-electron chi connectivity index (χ0n) is 54.6. The van der Waals surface area contributed by atoms with E-state index in [9.17, 15) is 23.1 Å². The fraction of sp³-hybridized carbons (Fsp3) is 0.692. The Kier molecular flexibility index (Phi) is 22.9. The summed E-state index contributed by atoms with van der Waals surface area (Å²) in [5.74, 6) is 2.32. The minimum absolute atomic E-state index is 0. The van der Waals surface area contributed by atoms with Crippen LogP contribution in [0.25, 0.3) is 0 Å². The zero-order chi connectivity index (χ0) is 62.3. The fourth-order valence-electron chi connectivity index (χ4n) is 16.3. The summed E-state index contributed by atoms with van der Waals surface area (Å²) in [4.78, 5) is 45.3. The van der Waals surface area contributed by atoms with Crippen molar-refractivity contribution in [1.82, 2.24) is 0 Å². The number of rotatable bonds is 7. The quantitative estimate of drug-likeness (QED) is 0.0872. The molecule has 2 spiro atoms. The van der Waals surface area contributed by atoms with Crippen LogP contribution >= 0.6 is 0 Å². The maximum absolute atomic E-state index is 11.6. The molecular weight excluding hydrogens is 1080 g/mol. The van der Waals surface area contributed by atoms with Crippen molar-refractivity contribution in [2.75, 3.05) is 21.1 Å². The van der Waals surface area contributed by atoms with E-state index in [0.717, 1.165) is 69.3 Å². The van der Waals surface area contributed by atoms with E-state index in [0.29, 0.717) is 46.9 Å². The van der Waals surface area contributed by atoms with Gasteiger partial charge in [-0.2, -0.15) is 18.2 Å². The van der Waals surface area contributed by atoms with Crippen molar-refractivity contribution in [2.24, 2.45) is 71.0 Å². The first-order valence-electron chi connectivity index (χ1n) is 32.3. The molecule has 12 aliphatic carbocycles. The Labute approximate surface area is 528 Å². The number of carbonyl (C=O) groups excluding carboxylic acids is 2. The van der Waals surface area contributed by atoms with E-state index in [1.54, 1.807) is 24.3 Å². The first kappa shape index (κ1) is 60.6. The summed E-state index contributed by atoms with van der Waals surface area (Å²) in [6, 6.07) is 17.5. The number of esters is 1. The third-order valence-corrected chi connectivity index (χ3v) is 18.8. The first-order chi connectivity index (χ1) is 40.0. The van der Waals surface area contributed by atoms with Crippen LogP contribution in [-0.2, 0) is 60.5 Å². The maximum Gasteiger partial charge on any atom is 1.00 e. The van der Waals surface area contributed by atoms with E-state index in [-0.39, 0.29) is 119 Å². The van der Waals surface area contributed by atoms with Crippen LogP contribution in [0.1, 0.15) is 209 Å². The Bertz CT molecular complexity index is 2840. The monoisotopic (exact) mass is 1190 g/mol. The van der Waals surface area contributed by atoms with Gasteiger partial charge in [0.25, 0.3) is 11.6 Å². The van der Waals surface area contributed by atoms with Crippen LogP contribution in [0.2, 0.25) is 0 Å². The SMILES string of the molecule is C.C.C.C.C.CC.CC.CC.O=C1C2CC3CC(C2)CC1C3.[2H]C([2H])([2H])OC(=O)c1cccc(O)c1.[2H]C([2H])([2H])OC1(c2cccc(O)c2)OOC12C1CC3CC(C1)CC2C3.[2H]C([2H])([2H])OC1(c2cccc(OS(=O)(=O)O)c2)OOC12C1CC3CC(C1)CC2C3.[Na+]. The summed E-state index contributed by atoms with van der Waals surface area (Å²) < 4.78 is 118. The van der Waals surface area contributed by atoms with Crippen LogP contribution in [0, 0.1) is 71.0 Å². The molecular formula is C65H104NaO15S+. The molecule has 12 bridgehead atoms. The van der Waals surface area contributed by atoms with Crippen molar-refractivity contribution < 1.29 is 113 Å². The van der Waals surface area contributed by atoms with E-state index < -0.39 is 60.3 Å². The van der Waals surface area contributed by atoms with Crippen molar-refractivity contribution in [3.63, 3.8) is 0 Å². The van der Waals surface area contributed by atoms with Gasteiger partial charge in [0.1, 0.15) is 23.0 Å². The molecule has 15 nitrogen and oxygen atoms in total. The fourth-order valence-corrected chi connectivity index (χ4v) is 16.7. The summed E-state index contributed by atoms with van der Waals surface area (Å²) in [6.07, 6.45) is 16.7. The van der Waals surface area contributed by atoms with E-state index in [2.05, 4.69) is 8.92 Å². The second-order valence-corrected chi connectivity index (χ2v) is 23.2. The summed E-state index contributed by atoms with van der Waals surface area (Å²) in [5, 5.41) is 19.0. The van der Waals surface area contributed by atoms with Gasteiger partial charge in [-0.3, -0.25) is 9.35 Å². The molecule has 0 amide bonds. The molecule has 17 heteroatoms. The van der Waals surface area contributed by atoms with E-state index in [1.165, 1.54) is 87.4 Å². The Hall–Kier alpha value is -3.13. The van der Waals surface area contributed by atoms with Gasteiger partial charge < -0.3 is 28.6 Å². The molecule has 3 aromatic rings. The van der Waals surface area contributed by atoms with E-state index in [4.69, 9.17) is 51.0 Å². The number of phenols is 2. The van der Waals surface area contributed by atoms with Crippen molar-refractivity contribution in [3.8, 4) is 17.2 Å². The largest absolute Gasteiger partial charge is 1.00 e. The van der Waals surface area contributed by atoms with Crippen molar-refractivity contribution >= 4 is 22.2 Å². The topological polar surface area (TPSA) is 203 Å².